The van der Waals surface area contributed by atoms with Gasteiger partial charge in [-0.1, -0.05) is 23.7 Å². The number of nitrogens with zero attached hydrogens (tertiary/aromatic N) is 4. The van der Waals surface area contributed by atoms with Crippen molar-refractivity contribution in [2.75, 3.05) is 0 Å². The largest absolute Gasteiger partial charge is 0.352 e. The van der Waals surface area contributed by atoms with E-state index in [0.717, 1.165) is 10.2 Å². The number of halogens is 2. The maximum absolute atomic E-state index is 13.3. The van der Waals surface area contributed by atoms with Gasteiger partial charge in [0.1, 0.15) is 18.7 Å². The fourth-order valence-electron chi connectivity index (χ4n) is 2.73. The zero-order valence-electron chi connectivity index (χ0n) is 13.9. The van der Waals surface area contributed by atoms with Gasteiger partial charge in [-0.15, -0.1) is 5.10 Å². The van der Waals surface area contributed by atoms with Crippen molar-refractivity contribution in [1.82, 2.24) is 24.5 Å². The van der Waals surface area contributed by atoms with Gasteiger partial charge >= 0.3 is 5.69 Å². The van der Waals surface area contributed by atoms with Gasteiger partial charge in [0.15, 0.2) is 5.65 Å². The number of hydrogen-bond acceptors (Lipinski definition) is 4. The SMILES string of the molecule is O=C(Cn1nc2c3ccc(F)cc3ncn2c1=O)NCc1ccc(Cl)cc1. The molecule has 27 heavy (non-hydrogen) atoms. The second-order valence-corrected chi connectivity index (χ2v) is 6.38. The van der Waals surface area contributed by atoms with Crippen LogP contribution in [-0.4, -0.2) is 25.1 Å². The molecule has 1 N–H and O–H groups in total. The van der Waals surface area contributed by atoms with Crippen LogP contribution in [0.5, 0.6) is 0 Å². The standard InChI is InChI=1S/C18H13ClFN5O2/c19-12-3-1-11(2-4-12)8-21-16(26)9-25-18(27)24-10-22-15-7-13(20)5-6-14(15)17(24)23-25/h1-7,10H,8-9H2,(H,21,26). The van der Waals surface area contributed by atoms with Crippen LogP contribution in [0.25, 0.3) is 16.6 Å². The molecule has 4 rings (SSSR count). The van der Waals surface area contributed by atoms with E-state index in [2.05, 4.69) is 15.4 Å². The summed E-state index contributed by atoms with van der Waals surface area (Å²) in [5.41, 5.74) is 1.08. The molecule has 0 unspecified atom stereocenters. The second kappa shape index (κ2) is 6.81. The minimum absolute atomic E-state index is 0.239. The van der Waals surface area contributed by atoms with Gasteiger partial charge in [0.05, 0.1) is 5.52 Å². The van der Waals surface area contributed by atoms with Crippen LogP contribution in [0.15, 0.2) is 53.6 Å². The topological polar surface area (TPSA) is 81.3 Å². The molecule has 0 saturated carbocycles. The molecular formula is C18H13ClFN5O2. The lowest BCUT2D eigenvalue weighted by atomic mass is 10.2. The molecule has 0 bridgehead atoms. The molecule has 0 radical (unpaired) electrons. The number of carbonyl (C=O) groups excluding carboxylic acids is 1. The van der Waals surface area contributed by atoms with Crippen LogP contribution >= 0.6 is 11.6 Å². The Labute approximate surface area is 157 Å². The maximum Gasteiger partial charge on any atom is 0.352 e. The number of aromatic nitrogens is 4. The summed E-state index contributed by atoms with van der Waals surface area (Å²) in [6.07, 6.45) is 1.27. The Hall–Kier alpha value is -3.26. The number of carbonyl (C=O) groups is 1. The van der Waals surface area contributed by atoms with E-state index in [0.29, 0.717) is 28.1 Å². The summed E-state index contributed by atoms with van der Waals surface area (Å²) in [6, 6.07) is 11.1. The molecule has 2 heterocycles. The summed E-state index contributed by atoms with van der Waals surface area (Å²) < 4.78 is 15.6. The Morgan fingerprint density at radius 3 is 2.74 bits per heavy atom. The van der Waals surface area contributed by atoms with Gasteiger partial charge in [0.2, 0.25) is 5.91 Å². The van der Waals surface area contributed by atoms with Gasteiger partial charge in [-0.2, -0.15) is 0 Å². The average molecular weight is 386 g/mol. The second-order valence-electron chi connectivity index (χ2n) is 5.94. The number of hydrogen-bond donors (Lipinski definition) is 1. The molecule has 0 aliphatic heterocycles. The summed E-state index contributed by atoms with van der Waals surface area (Å²) in [6.45, 7) is 0.0681. The Morgan fingerprint density at radius 2 is 1.96 bits per heavy atom. The number of fused-ring (bicyclic) bond motifs is 3. The summed E-state index contributed by atoms with van der Waals surface area (Å²) >= 11 is 5.83. The lowest BCUT2D eigenvalue weighted by Gasteiger charge is -2.05. The molecule has 0 aliphatic rings. The summed E-state index contributed by atoms with van der Waals surface area (Å²) in [4.78, 5) is 28.7. The summed E-state index contributed by atoms with van der Waals surface area (Å²) in [5, 5.41) is 8.07. The lowest BCUT2D eigenvalue weighted by Crippen LogP contribution is -2.32. The Bertz CT molecular complexity index is 1220. The predicted octanol–water partition coefficient (Wildman–Crippen LogP) is 2.15. The van der Waals surface area contributed by atoms with Crippen LogP contribution in [-0.2, 0) is 17.9 Å². The van der Waals surface area contributed by atoms with Crippen LogP contribution in [0.3, 0.4) is 0 Å². The highest BCUT2D eigenvalue weighted by atomic mass is 35.5. The van der Waals surface area contributed by atoms with Gasteiger partial charge in [-0.05, 0) is 29.8 Å². The highest BCUT2D eigenvalue weighted by Gasteiger charge is 2.13. The van der Waals surface area contributed by atoms with E-state index in [1.165, 1.54) is 28.9 Å². The molecule has 7 nitrogen and oxygen atoms in total. The van der Waals surface area contributed by atoms with Crippen molar-refractivity contribution in [2.45, 2.75) is 13.1 Å². The Morgan fingerprint density at radius 1 is 1.19 bits per heavy atom. The molecule has 1 amide bonds. The zero-order valence-corrected chi connectivity index (χ0v) is 14.7. The molecule has 9 heteroatoms. The monoisotopic (exact) mass is 385 g/mol. The average Bonchev–Trinajstić information content (AvgIpc) is 2.97. The highest BCUT2D eigenvalue weighted by molar-refractivity contribution is 6.30. The van der Waals surface area contributed by atoms with Crippen molar-refractivity contribution in [2.24, 2.45) is 0 Å². The van der Waals surface area contributed by atoms with Gasteiger partial charge in [-0.3, -0.25) is 4.79 Å². The fourth-order valence-corrected chi connectivity index (χ4v) is 2.85. The predicted molar refractivity (Wildman–Crippen MR) is 98.0 cm³/mol. The van der Waals surface area contributed by atoms with Crippen molar-refractivity contribution >= 4 is 34.1 Å². The lowest BCUT2D eigenvalue weighted by molar-refractivity contribution is -0.122. The number of amides is 1. The van der Waals surface area contributed by atoms with E-state index in [-0.39, 0.29) is 12.5 Å². The van der Waals surface area contributed by atoms with E-state index < -0.39 is 11.5 Å². The van der Waals surface area contributed by atoms with Crippen molar-refractivity contribution in [3.63, 3.8) is 0 Å². The molecule has 0 spiro atoms. The fraction of sp³-hybridized carbons (Fsp3) is 0.111. The smallest absolute Gasteiger partial charge is 0.350 e. The molecule has 0 saturated heterocycles. The Kier molecular flexibility index (Phi) is 4.33. The molecule has 0 aliphatic carbocycles. The molecule has 136 valence electrons. The zero-order chi connectivity index (χ0) is 19.0. The number of rotatable bonds is 4. The molecule has 0 atom stereocenters. The van der Waals surface area contributed by atoms with Gasteiger partial charge in [0.25, 0.3) is 0 Å². The van der Waals surface area contributed by atoms with E-state index in [9.17, 15) is 14.0 Å². The number of nitrogens with one attached hydrogen (secondary N) is 1. The van der Waals surface area contributed by atoms with Crippen LogP contribution in [0, 0.1) is 5.82 Å². The first kappa shape index (κ1) is 17.2. The molecule has 2 aromatic carbocycles. The first-order valence-corrected chi connectivity index (χ1v) is 8.43. The quantitative estimate of drug-likeness (QED) is 0.583. The molecule has 2 aromatic heterocycles. The first-order valence-electron chi connectivity index (χ1n) is 8.06. The van der Waals surface area contributed by atoms with E-state index in [1.807, 2.05) is 0 Å². The third kappa shape index (κ3) is 3.39. The minimum Gasteiger partial charge on any atom is -0.350 e. The van der Waals surface area contributed by atoms with E-state index in [4.69, 9.17) is 11.6 Å². The minimum atomic E-state index is -0.495. The van der Waals surface area contributed by atoms with Crippen LogP contribution in [0.4, 0.5) is 4.39 Å². The van der Waals surface area contributed by atoms with Crippen molar-refractivity contribution < 1.29 is 9.18 Å². The molecule has 4 aromatic rings. The number of benzene rings is 2. The highest BCUT2D eigenvalue weighted by Crippen LogP contribution is 2.16. The van der Waals surface area contributed by atoms with Gasteiger partial charge in [0, 0.05) is 23.0 Å². The van der Waals surface area contributed by atoms with Crippen LogP contribution in [0.1, 0.15) is 5.56 Å². The first-order chi connectivity index (χ1) is 13.0. The van der Waals surface area contributed by atoms with E-state index >= 15 is 0 Å². The van der Waals surface area contributed by atoms with Crippen LogP contribution < -0.4 is 11.0 Å². The van der Waals surface area contributed by atoms with Crippen molar-refractivity contribution in [3.05, 3.63) is 75.7 Å². The third-order valence-electron chi connectivity index (χ3n) is 4.08. The van der Waals surface area contributed by atoms with Crippen molar-refractivity contribution in [3.8, 4) is 0 Å². The normalized spacial score (nSPS) is 11.2. The molecular weight excluding hydrogens is 373 g/mol. The summed E-state index contributed by atoms with van der Waals surface area (Å²) in [7, 11) is 0. The summed E-state index contributed by atoms with van der Waals surface area (Å²) in [5.74, 6) is -0.790. The molecule has 0 fully saturated rings. The van der Waals surface area contributed by atoms with E-state index in [1.54, 1.807) is 24.3 Å². The maximum atomic E-state index is 13.3. The Balaban J connectivity index is 1.57. The van der Waals surface area contributed by atoms with Crippen molar-refractivity contribution in [1.29, 1.82) is 0 Å². The van der Waals surface area contributed by atoms with Gasteiger partial charge < -0.3 is 5.32 Å². The third-order valence-corrected chi connectivity index (χ3v) is 4.33. The van der Waals surface area contributed by atoms with Gasteiger partial charge in [-0.25, -0.2) is 23.3 Å². The van der Waals surface area contributed by atoms with Crippen LogP contribution in [0.2, 0.25) is 5.02 Å².